The average molecular weight is 253 g/mol. The third-order valence-corrected chi connectivity index (χ3v) is 3.86. The summed E-state index contributed by atoms with van der Waals surface area (Å²) in [6, 6.07) is 0.395. The molecule has 1 atom stereocenters. The van der Waals surface area contributed by atoms with E-state index >= 15 is 0 Å². The van der Waals surface area contributed by atoms with Crippen molar-refractivity contribution in [1.29, 1.82) is 0 Å². The van der Waals surface area contributed by atoms with Gasteiger partial charge in [-0.25, -0.2) is 0 Å². The van der Waals surface area contributed by atoms with Crippen LogP contribution in [0.2, 0.25) is 0 Å². The highest BCUT2D eigenvalue weighted by Crippen LogP contribution is 2.23. The van der Waals surface area contributed by atoms with Crippen LogP contribution in [0.1, 0.15) is 45.4 Å². The van der Waals surface area contributed by atoms with Crippen LogP contribution in [0.5, 0.6) is 0 Å². The SMILES string of the molecule is CCC1(C(=O)NCCC(=O)NC2CC2)CCCN1. The van der Waals surface area contributed by atoms with Crippen LogP contribution in [0.3, 0.4) is 0 Å². The molecule has 102 valence electrons. The van der Waals surface area contributed by atoms with Crippen molar-refractivity contribution < 1.29 is 9.59 Å². The zero-order valence-corrected chi connectivity index (χ0v) is 11.1. The fraction of sp³-hybridized carbons (Fsp3) is 0.846. The summed E-state index contributed by atoms with van der Waals surface area (Å²) in [4.78, 5) is 23.6. The summed E-state index contributed by atoms with van der Waals surface area (Å²) in [5, 5.41) is 9.08. The van der Waals surface area contributed by atoms with E-state index < -0.39 is 5.54 Å². The minimum absolute atomic E-state index is 0.0433. The summed E-state index contributed by atoms with van der Waals surface area (Å²) in [6.45, 7) is 3.36. The van der Waals surface area contributed by atoms with Crippen LogP contribution in [-0.2, 0) is 9.59 Å². The van der Waals surface area contributed by atoms with Crippen LogP contribution in [0, 0.1) is 0 Å². The second-order valence-electron chi connectivity index (χ2n) is 5.31. The summed E-state index contributed by atoms with van der Waals surface area (Å²) < 4.78 is 0. The molecule has 1 heterocycles. The van der Waals surface area contributed by atoms with Crippen LogP contribution in [0.25, 0.3) is 0 Å². The molecular formula is C13H23N3O2. The van der Waals surface area contributed by atoms with E-state index in [9.17, 15) is 9.59 Å². The number of hydrogen-bond donors (Lipinski definition) is 3. The van der Waals surface area contributed by atoms with Gasteiger partial charge >= 0.3 is 0 Å². The van der Waals surface area contributed by atoms with Crippen molar-refractivity contribution in [2.24, 2.45) is 0 Å². The van der Waals surface area contributed by atoms with E-state index in [1.807, 2.05) is 6.92 Å². The van der Waals surface area contributed by atoms with E-state index in [0.717, 1.165) is 38.6 Å². The zero-order valence-electron chi connectivity index (χ0n) is 11.1. The van der Waals surface area contributed by atoms with E-state index in [-0.39, 0.29) is 11.8 Å². The lowest BCUT2D eigenvalue weighted by Gasteiger charge is -2.26. The fourth-order valence-electron chi connectivity index (χ4n) is 2.45. The second kappa shape index (κ2) is 5.69. The Morgan fingerprint density at radius 1 is 1.39 bits per heavy atom. The zero-order chi connectivity index (χ0) is 13.0. The average Bonchev–Trinajstić information content (AvgIpc) is 3.03. The van der Waals surface area contributed by atoms with E-state index in [2.05, 4.69) is 16.0 Å². The predicted octanol–water partition coefficient (Wildman–Crippen LogP) is 0.304. The molecule has 0 bridgehead atoms. The quantitative estimate of drug-likeness (QED) is 0.638. The van der Waals surface area contributed by atoms with E-state index in [4.69, 9.17) is 0 Å². The smallest absolute Gasteiger partial charge is 0.240 e. The van der Waals surface area contributed by atoms with Gasteiger partial charge in [-0.15, -0.1) is 0 Å². The molecule has 3 N–H and O–H groups in total. The first kappa shape index (κ1) is 13.3. The normalized spacial score (nSPS) is 26.9. The van der Waals surface area contributed by atoms with Gasteiger partial charge in [0.1, 0.15) is 0 Å². The van der Waals surface area contributed by atoms with Gasteiger partial charge in [0.05, 0.1) is 5.54 Å². The Hall–Kier alpha value is -1.10. The minimum Gasteiger partial charge on any atom is -0.354 e. The Morgan fingerprint density at radius 2 is 2.17 bits per heavy atom. The Bertz CT molecular complexity index is 320. The molecule has 0 spiro atoms. The van der Waals surface area contributed by atoms with Gasteiger partial charge in [-0.1, -0.05) is 6.92 Å². The van der Waals surface area contributed by atoms with Gasteiger partial charge in [-0.2, -0.15) is 0 Å². The molecule has 18 heavy (non-hydrogen) atoms. The van der Waals surface area contributed by atoms with Crippen LogP contribution >= 0.6 is 0 Å². The van der Waals surface area contributed by atoms with Crippen molar-refractivity contribution in [2.75, 3.05) is 13.1 Å². The Labute approximate surface area is 108 Å². The number of nitrogens with one attached hydrogen (secondary N) is 3. The summed E-state index contributed by atoms with van der Waals surface area (Å²) in [5.41, 5.74) is -0.396. The van der Waals surface area contributed by atoms with Crippen molar-refractivity contribution in [3.05, 3.63) is 0 Å². The van der Waals surface area contributed by atoms with E-state index in [1.165, 1.54) is 0 Å². The van der Waals surface area contributed by atoms with Gasteiger partial charge in [0, 0.05) is 19.0 Å². The van der Waals surface area contributed by atoms with Gasteiger partial charge in [0.25, 0.3) is 0 Å². The Morgan fingerprint density at radius 3 is 2.72 bits per heavy atom. The number of carbonyl (C=O) groups excluding carboxylic acids is 2. The Balaban J connectivity index is 1.68. The first-order chi connectivity index (χ1) is 8.66. The summed E-state index contributed by atoms with van der Waals surface area (Å²) >= 11 is 0. The molecule has 2 rings (SSSR count). The monoisotopic (exact) mass is 253 g/mol. The lowest BCUT2D eigenvalue weighted by Crippen LogP contribution is -2.53. The van der Waals surface area contributed by atoms with Gasteiger partial charge < -0.3 is 16.0 Å². The molecule has 0 radical (unpaired) electrons. The minimum atomic E-state index is -0.396. The maximum atomic E-state index is 12.1. The van der Waals surface area contributed by atoms with Crippen molar-refractivity contribution in [3.8, 4) is 0 Å². The molecule has 1 aliphatic heterocycles. The first-order valence-electron chi connectivity index (χ1n) is 6.99. The van der Waals surface area contributed by atoms with Crippen molar-refractivity contribution >= 4 is 11.8 Å². The Kier molecular flexibility index (Phi) is 4.22. The number of hydrogen-bond acceptors (Lipinski definition) is 3. The molecule has 2 amide bonds. The van der Waals surface area contributed by atoms with Gasteiger partial charge in [-0.3, -0.25) is 9.59 Å². The van der Waals surface area contributed by atoms with Gasteiger partial charge in [-0.05, 0) is 38.6 Å². The lowest BCUT2D eigenvalue weighted by atomic mass is 9.93. The van der Waals surface area contributed by atoms with Gasteiger partial charge in [0.2, 0.25) is 11.8 Å². The molecule has 0 aromatic heterocycles. The molecular weight excluding hydrogens is 230 g/mol. The molecule has 0 aromatic carbocycles. The molecule has 1 aliphatic carbocycles. The number of amides is 2. The third kappa shape index (κ3) is 3.22. The largest absolute Gasteiger partial charge is 0.354 e. The molecule has 1 saturated heterocycles. The molecule has 1 saturated carbocycles. The summed E-state index contributed by atoms with van der Waals surface area (Å²) in [6.07, 6.45) is 5.31. The maximum absolute atomic E-state index is 12.1. The van der Waals surface area contributed by atoms with E-state index in [0.29, 0.717) is 19.0 Å². The molecule has 5 heteroatoms. The maximum Gasteiger partial charge on any atom is 0.240 e. The predicted molar refractivity (Wildman–Crippen MR) is 69.1 cm³/mol. The fourth-order valence-corrected chi connectivity index (χ4v) is 2.45. The van der Waals surface area contributed by atoms with Crippen LogP contribution in [-0.4, -0.2) is 36.5 Å². The standard InChI is InChI=1S/C13H23N3O2/c1-2-13(7-3-8-15-13)12(18)14-9-6-11(17)16-10-4-5-10/h10,15H,2-9H2,1H3,(H,14,18)(H,16,17). The van der Waals surface area contributed by atoms with Gasteiger partial charge in [0.15, 0.2) is 0 Å². The first-order valence-corrected chi connectivity index (χ1v) is 6.99. The second-order valence-corrected chi connectivity index (χ2v) is 5.31. The summed E-state index contributed by atoms with van der Waals surface area (Å²) in [7, 11) is 0. The van der Waals surface area contributed by atoms with Crippen molar-refractivity contribution in [1.82, 2.24) is 16.0 Å². The molecule has 5 nitrogen and oxygen atoms in total. The topological polar surface area (TPSA) is 70.2 Å². The van der Waals surface area contributed by atoms with Crippen molar-refractivity contribution in [2.45, 2.75) is 57.0 Å². The third-order valence-electron chi connectivity index (χ3n) is 3.86. The highest BCUT2D eigenvalue weighted by Gasteiger charge is 2.38. The summed E-state index contributed by atoms with van der Waals surface area (Å²) in [5.74, 6) is 0.0875. The van der Waals surface area contributed by atoms with Crippen LogP contribution < -0.4 is 16.0 Å². The lowest BCUT2D eigenvalue weighted by molar-refractivity contribution is -0.127. The van der Waals surface area contributed by atoms with E-state index in [1.54, 1.807) is 0 Å². The number of rotatable bonds is 6. The molecule has 2 fully saturated rings. The van der Waals surface area contributed by atoms with Crippen molar-refractivity contribution in [3.63, 3.8) is 0 Å². The molecule has 2 aliphatic rings. The molecule has 0 aromatic rings. The highest BCUT2D eigenvalue weighted by molar-refractivity contribution is 5.87. The number of carbonyl (C=O) groups is 2. The highest BCUT2D eigenvalue weighted by atomic mass is 16.2. The molecule has 1 unspecified atom stereocenters. The van der Waals surface area contributed by atoms with Crippen LogP contribution in [0.4, 0.5) is 0 Å². The van der Waals surface area contributed by atoms with Crippen LogP contribution in [0.15, 0.2) is 0 Å².